The summed E-state index contributed by atoms with van der Waals surface area (Å²) in [6.07, 6.45) is 2.53. The Balaban J connectivity index is 3.10. The fourth-order valence-electron chi connectivity index (χ4n) is 1.54. The van der Waals surface area contributed by atoms with Gasteiger partial charge in [0, 0.05) is 0 Å². The molecule has 0 saturated heterocycles. The quantitative estimate of drug-likeness (QED) is 0.739. The molecule has 0 radical (unpaired) electrons. The lowest BCUT2D eigenvalue weighted by Gasteiger charge is -2.16. The fraction of sp³-hybridized carbons (Fsp3) is 0.375. The van der Waals surface area contributed by atoms with Crippen LogP contribution < -0.4 is 9.47 Å². The summed E-state index contributed by atoms with van der Waals surface area (Å²) in [7, 11) is 0. The van der Waals surface area contributed by atoms with Gasteiger partial charge < -0.3 is 9.47 Å². The Labute approximate surface area is 119 Å². The molecule has 1 aromatic rings. The van der Waals surface area contributed by atoms with Crippen molar-refractivity contribution in [2.24, 2.45) is 0 Å². The summed E-state index contributed by atoms with van der Waals surface area (Å²) in [5.41, 5.74) is 0.797. The molecule has 20 heavy (non-hydrogen) atoms. The molecule has 0 fully saturated rings. The first-order valence-corrected chi connectivity index (χ1v) is 6.60. The standard InChI is InChI=1S/C16H18N2O2/c1-4-12(3)20-15-7-6-13(8-14(10-17)11-18)9-16(15)19-5-2/h6-9,12H,4-5H2,1-3H3. The van der Waals surface area contributed by atoms with Crippen LogP contribution >= 0.6 is 0 Å². The third-order valence-corrected chi connectivity index (χ3v) is 2.72. The number of rotatable bonds is 6. The summed E-state index contributed by atoms with van der Waals surface area (Å²) in [6.45, 7) is 6.46. The first-order chi connectivity index (χ1) is 9.64. The van der Waals surface area contributed by atoms with Crippen LogP contribution in [0.5, 0.6) is 11.5 Å². The molecule has 1 atom stereocenters. The highest BCUT2D eigenvalue weighted by Gasteiger charge is 2.09. The maximum Gasteiger partial charge on any atom is 0.161 e. The monoisotopic (exact) mass is 270 g/mol. The molecule has 0 saturated carbocycles. The van der Waals surface area contributed by atoms with E-state index in [0.717, 1.165) is 12.0 Å². The number of hydrogen-bond donors (Lipinski definition) is 0. The van der Waals surface area contributed by atoms with Crippen molar-refractivity contribution >= 4 is 6.08 Å². The Kier molecular flexibility index (Phi) is 6.13. The first kappa shape index (κ1) is 15.6. The van der Waals surface area contributed by atoms with Crippen molar-refractivity contribution in [2.75, 3.05) is 6.61 Å². The molecule has 0 aromatic heterocycles. The summed E-state index contributed by atoms with van der Waals surface area (Å²) in [5, 5.41) is 17.5. The van der Waals surface area contributed by atoms with Crippen LogP contribution in [0.25, 0.3) is 6.08 Å². The molecule has 1 rings (SSSR count). The van der Waals surface area contributed by atoms with Crippen LogP contribution in [0.15, 0.2) is 23.8 Å². The molecule has 0 aliphatic heterocycles. The Morgan fingerprint density at radius 3 is 2.50 bits per heavy atom. The van der Waals surface area contributed by atoms with E-state index in [0.29, 0.717) is 18.1 Å². The molecule has 0 N–H and O–H groups in total. The zero-order valence-corrected chi connectivity index (χ0v) is 12.0. The predicted octanol–water partition coefficient (Wildman–Crippen LogP) is 3.69. The second-order valence-corrected chi connectivity index (χ2v) is 4.26. The van der Waals surface area contributed by atoms with Crippen molar-refractivity contribution in [2.45, 2.75) is 33.3 Å². The van der Waals surface area contributed by atoms with Gasteiger partial charge in [0.2, 0.25) is 0 Å². The summed E-state index contributed by atoms with van der Waals surface area (Å²) in [6, 6.07) is 9.05. The smallest absolute Gasteiger partial charge is 0.161 e. The van der Waals surface area contributed by atoms with Gasteiger partial charge in [-0.15, -0.1) is 0 Å². The number of nitrogens with zero attached hydrogens (tertiary/aromatic N) is 2. The first-order valence-electron chi connectivity index (χ1n) is 6.60. The van der Waals surface area contributed by atoms with Gasteiger partial charge in [-0.05, 0) is 44.0 Å². The number of nitriles is 2. The van der Waals surface area contributed by atoms with E-state index < -0.39 is 0 Å². The number of allylic oxidation sites excluding steroid dienone is 1. The maximum atomic E-state index is 8.77. The highest BCUT2D eigenvalue weighted by atomic mass is 16.5. The van der Waals surface area contributed by atoms with Crippen LogP contribution in [0.1, 0.15) is 32.8 Å². The second kappa shape index (κ2) is 7.86. The van der Waals surface area contributed by atoms with E-state index in [4.69, 9.17) is 20.0 Å². The molecule has 0 aliphatic rings. The number of benzene rings is 1. The molecule has 4 nitrogen and oxygen atoms in total. The van der Waals surface area contributed by atoms with Crippen LogP contribution in [0.2, 0.25) is 0 Å². The summed E-state index contributed by atoms with van der Waals surface area (Å²) in [4.78, 5) is 0. The fourth-order valence-corrected chi connectivity index (χ4v) is 1.54. The van der Waals surface area contributed by atoms with E-state index in [-0.39, 0.29) is 11.7 Å². The van der Waals surface area contributed by atoms with Crippen molar-refractivity contribution < 1.29 is 9.47 Å². The third kappa shape index (κ3) is 4.33. The zero-order valence-electron chi connectivity index (χ0n) is 12.0. The lowest BCUT2D eigenvalue weighted by molar-refractivity contribution is 0.203. The number of ether oxygens (including phenoxy) is 2. The van der Waals surface area contributed by atoms with Crippen LogP contribution in [0.4, 0.5) is 0 Å². The minimum Gasteiger partial charge on any atom is -0.490 e. The Hall–Kier alpha value is -2.46. The summed E-state index contributed by atoms with van der Waals surface area (Å²) >= 11 is 0. The average molecular weight is 270 g/mol. The van der Waals surface area contributed by atoms with E-state index in [1.165, 1.54) is 6.08 Å². The van der Waals surface area contributed by atoms with Gasteiger partial charge in [0.25, 0.3) is 0 Å². The van der Waals surface area contributed by atoms with Gasteiger partial charge in [0.05, 0.1) is 12.7 Å². The van der Waals surface area contributed by atoms with Gasteiger partial charge in [0.1, 0.15) is 17.7 Å². The largest absolute Gasteiger partial charge is 0.490 e. The van der Waals surface area contributed by atoms with E-state index in [9.17, 15) is 0 Å². The molecule has 1 unspecified atom stereocenters. The van der Waals surface area contributed by atoms with Crippen LogP contribution in [0, 0.1) is 22.7 Å². The molecule has 0 amide bonds. The minimum atomic E-state index is 0.0584. The molecule has 0 heterocycles. The van der Waals surface area contributed by atoms with Crippen LogP contribution in [-0.2, 0) is 0 Å². The van der Waals surface area contributed by atoms with Crippen molar-refractivity contribution in [3.63, 3.8) is 0 Å². The van der Waals surface area contributed by atoms with Gasteiger partial charge in [-0.2, -0.15) is 10.5 Å². The van der Waals surface area contributed by atoms with Crippen LogP contribution in [0.3, 0.4) is 0 Å². The third-order valence-electron chi connectivity index (χ3n) is 2.72. The van der Waals surface area contributed by atoms with Gasteiger partial charge >= 0.3 is 0 Å². The lowest BCUT2D eigenvalue weighted by Crippen LogP contribution is -2.10. The SMILES string of the molecule is CCOc1cc(C=C(C#N)C#N)ccc1OC(C)CC. The van der Waals surface area contributed by atoms with Crippen molar-refractivity contribution in [3.8, 4) is 23.6 Å². The van der Waals surface area contributed by atoms with Gasteiger partial charge in [-0.3, -0.25) is 0 Å². The predicted molar refractivity (Wildman–Crippen MR) is 77.2 cm³/mol. The molecular weight excluding hydrogens is 252 g/mol. The number of hydrogen-bond acceptors (Lipinski definition) is 4. The van der Waals surface area contributed by atoms with Crippen LogP contribution in [-0.4, -0.2) is 12.7 Å². The van der Waals surface area contributed by atoms with E-state index in [2.05, 4.69) is 0 Å². The molecule has 4 heteroatoms. The molecular formula is C16H18N2O2. The normalized spacial score (nSPS) is 10.8. The molecule has 0 bridgehead atoms. The second-order valence-electron chi connectivity index (χ2n) is 4.26. The Morgan fingerprint density at radius 2 is 1.95 bits per heavy atom. The topological polar surface area (TPSA) is 66.0 Å². The highest BCUT2D eigenvalue weighted by Crippen LogP contribution is 2.30. The van der Waals surface area contributed by atoms with E-state index in [1.54, 1.807) is 18.2 Å². The van der Waals surface area contributed by atoms with Crippen molar-refractivity contribution in [1.29, 1.82) is 10.5 Å². The summed E-state index contributed by atoms with van der Waals surface area (Å²) in [5.74, 6) is 1.30. The van der Waals surface area contributed by atoms with Crippen molar-refractivity contribution in [3.05, 3.63) is 29.3 Å². The molecule has 1 aromatic carbocycles. The average Bonchev–Trinajstić information content (AvgIpc) is 2.47. The highest BCUT2D eigenvalue weighted by molar-refractivity contribution is 5.64. The Bertz CT molecular complexity index is 549. The summed E-state index contributed by atoms with van der Waals surface area (Å²) < 4.78 is 11.3. The molecule has 0 spiro atoms. The lowest BCUT2D eigenvalue weighted by atomic mass is 10.1. The Morgan fingerprint density at radius 1 is 1.25 bits per heavy atom. The van der Waals surface area contributed by atoms with Crippen molar-refractivity contribution in [1.82, 2.24) is 0 Å². The minimum absolute atomic E-state index is 0.0584. The molecule has 0 aliphatic carbocycles. The van der Waals surface area contributed by atoms with Gasteiger partial charge in [-0.25, -0.2) is 0 Å². The van der Waals surface area contributed by atoms with E-state index in [1.807, 2.05) is 32.9 Å². The van der Waals surface area contributed by atoms with Gasteiger partial charge in [-0.1, -0.05) is 13.0 Å². The van der Waals surface area contributed by atoms with E-state index >= 15 is 0 Å². The maximum absolute atomic E-state index is 8.77. The van der Waals surface area contributed by atoms with Gasteiger partial charge in [0.15, 0.2) is 11.5 Å². The molecule has 104 valence electrons. The zero-order chi connectivity index (χ0) is 15.0.